The Morgan fingerprint density at radius 3 is 2.47 bits per heavy atom. The zero-order valence-electron chi connectivity index (χ0n) is 10.7. The van der Waals surface area contributed by atoms with Crippen LogP contribution in [0.1, 0.15) is 33.6 Å². The highest BCUT2D eigenvalue weighted by atomic mass is 16.8. The van der Waals surface area contributed by atoms with Crippen molar-refractivity contribution in [1.29, 1.82) is 0 Å². The first-order chi connectivity index (χ1) is 7.86. The summed E-state index contributed by atoms with van der Waals surface area (Å²) in [6, 6.07) is 0. The second-order valence-electron chi connectivity index (χ2n) is 5.57. The summed E-state index contributed by atoms with van der Waals surface area (Å²) in [4.78, 5) is 0. The van der Waals surface area contributed by atoms with Crippen molar-refractivity contribution < 1.29 is 24.4 Å². The van der Waals surface area contributed by atoms with Crippen LogP contribution >= 0.6 is 0 Å². The monoisotopic (exact) mass is 246 g/mol. The molecule has 5 nitrogen and oxygen atoms in total. The van der Waals surface area contributed by atoms with Gasteiger partial charge in [-0.25, -0.2) is 0 Å². The van der Waals surface area contributed by atoms with Gasteiger partial charge in [-0.3, -0.25) is 0 Å². The van der Waals surface area contributed by atoms with Gasteiger partial charge in [-0.1, -0.05) is 0 Å². The van der Waals surface area contributed by atoms with Crippen LogP contribution in [-0.4, -0.2) is 53.1 Å². The summed E-state index contributed by atoms with van der Waals surface area (Å²) in [5, 5.41) is 18.9. The van der Waals surface area contributed by atoms with Crippen LogP contribution in [0.15, 0.2) is 0 Å². The number of aliphatic hydroxyl groups is 2. The lowest BCUT2D eigenvalue weighted by Crippen LogP contribution is -2.54. The molecule has 100 valence electrons. The first-order valence-corrected chi connectivity index (χ1v) is 6.15. The maximum absolute atomic E-state index is 9.69. The van der Waals surface area contributed by atoms with Gasteiger partial charge in [0.2, 0.25) is 0 Å². The zero-order chi connectivity index (χ0) is 12.7. The summed E-state index contributed by atoms with van der Waals surface area (Å²) in [5.41, 5.74) is -0.500. The maximum Gasteiger partial charge on any atom is 0.163 e. The molecule has 2 rings (SSSR count). The molecule has 0 saturated carbocycles. The van der Waals surface area contributed by atoms with E-state index < -0.39 is 23.6 Å². The van der Waals surface area contributed by atoms with Crippen LogP contribution in [0.3, 0.4) is 0 Å². The summed E-state index contributed by atoms with van der Waals surface area (Å²) in [6.07, 6.45) is 0.0417. The molecule has 0 aromatic carbocycles. The Balaban J connectivity index is 2.04. The fourth-order valence-corrected chi connectivity index (χ4v) is 2.49. The topological polar surface area (TPSA) is 68.2 Å². The summed E-state index contributed by atoms with van der Waals surface area (Å²) >= 11 is 0. The highest BCUT2D eigenvalue weighted by Crippen LogP contribution is 2.38. The predicted molar refractivity (Wildman–Crippen MR) is 60.5 cm³/mol. The van der Waals surface area contributed by atoms with Gasteiger partial charge in [0.1, 0.15) is 12.2 Å². The molecule has 0 aromatic rings. The molecule has 4 atom stereocenters. The van der Waals surface area contributed by atoms with Crippen LogP contribution in [-0.2, 0) is 14.2 Å². The van der Waals surface area contributed by atoms with Crippen molar-refractivity contribution in [3.8, 4) is 0 Å². The van der Waals surface area contributed by atoms with Crippen LogP contribution in [0.25, 0.3) is 0 Å². The van der Waals surface area contributed by atoms with Crippen LogP contribution in [0.2, 0.25) is 0 Å². The Kier molecular flexibility index (Phi) is 3.49. The van der Waals surface area contributed by atoms with Crippen LogP contribution < -0.4 is 0 Å². The quantitative estimate of drug-likeness (QED) is 0.739. The maximum atomic E-state index is 9.69. The molecule has 2 N–H and O–H groups in total. The SMILES string of the molecule is CC1(C)OCC(C2(C)CCC(O)C(CO)O2)O1. The van der Waals surface area contributed by atoms with E-state index in [1.54, 1.807) is 0 Å². The first-order valence-electron chi connectivity index (χ1n) is 6.15. The Hall–Kier alpha value is -0.200. The Bertz CT molecular complexity index is 280. The molecule has 0 radical (unpaired) electrons. The van der Waals surface area contributed by atoms with Gasteiger partial charge >= 0.3 is 0 Å². The molecule has 0 spiro atoms. The molecule has 5 heteroatoms. The van der Waals surface area contributed by atoms with Crippen LogP contribution in [0.5, 0.6) is 0 Å². The highest BCUT2D eigenvalue weighted by molar-refractivity contribution is 4.95. The van der Waals surface area contributed by atoms with Crippen LogP contribution in [0.4, 0.5) is 0 Å². The van der Waals surface area contributed by atoms with E-state index in [4.69, 9.17) is 14.2 Å². The summed E-state index contributed by atoms with van der Waals surface area (Å²) in [7, 11) is 0. The van der Waals surface area contributed by atoms with Crippen molar-refractivity contribution in [3.05, 3.63) is 0 Å². The number of hydrogen-bond acceptors (Lipinski definition) is 5. The van der Waals surface area contributed by atoms with Crippen molar-refractivity contribution in [2.75, 3.05) is 13.2 Å². The molecule has 4 unspecified atom stereocenters. The smallest absolute Gasteiger partial charge is 0.163 e. The van der Waals surface area contributed by atoms with E-state index in [1.165, 1.54) is 0 Å². The van der Waals surface area contributed by atoms with Crippen molar-refractivity contribution in [3.63, 3.8) is 0 Å². The second-order valence-corrected chi connectivity index (χ2v) is 5.57. The third-order valence-corrected chi connectivity index (χ3v) is 3.66. The van der Waals surface area contributed by atoms with Crippen molar-refractivity contribution in [2.24, 2.45) is 0 Å². The minimum atomic E-state index is -0.594. The molecule has 2 aliphatic rings. The second kappa shape index (κ2) is 4.48. The fourth-order valence-electron chi connectivity index (χ4n) is 2.49. The lowest BCUT2D eigenvalue weighted by molar-refractivity contribution is -0.231. The van der Waals surface area contributed by atoms with Gasteiger partial charge in [0.05, 0.1) is 24.9 Å². The van der Waals surface area contributed by atoms with Crippen molar-refractivity contribution in [2.45, 2.75) is 63.3 Å². The molecule has 2 fully saturated rings. The van der Waals surface area contributed by atoms with Gasteiger partial charge < -0.3 is 24.4 Å². The molecule has 0 aromatic heterocycles. The van der Waals surface area contributed by atoms with E-state index in [1.807, 2.05) is 20.8 Å². The molecule has 2 heterocycles. The average molecular weight is 246 g/mol. The molecule has 17 heavy (non-hydrogen) atoms. The average Bonchev–Trinajstić information content (AvgIpc) is 2.63. The number of aliphatic hydroxyl groups excluding tert-OH is 2. The Labute approximate surface area is 102 Å². The van der Waals surface area contributed by atoms with E-state index >= 15 is 0 Å². The van der Waals surface area contributed by atoms with Crippen molar-refractivity contribution >= 4 is 0 Å². The molecule has 0 amide bonds. The Morgan fingerprint density at radius 1 is 1.24 bits per heavy atom. The lowest BCUT2D eigenvalue weighted by atomic mass is 9.87. The van der Waals surface area contributed by atoms with Gasteiger partial charge in [-0.15, -0.1) is 0 Å². The first kappa shape index (κ1) is 13.2. The highest BCUT2D eigenvalue weighted by Gasteiger charge is 2.49. The number of hydrogen-bond donors (Lipinski definition) is 2. The largest absolute Gasteiger partial charge is 0.394 e. The van der Waals surface area contributed by atoms with Gasteiger partial charge in [0.25, 0.3) is 0 Å². The van der Waals surface area contributed by atoms with E-state index in [0.29, 0.717) is 19.4 Å². The van der Waals surface area contributed by atoms with Gasteiger partial charge in [-0.05, 0) is 33.6 Å². The molecular weight excluding hydrogens is 224 g/mol. The summed E-state index contributed by atoms with van der Waals surface area (Å²) in [5.74, 6) is -0.582. The predicted octanol–water partition coefficient (Wildman–Crippen LogP) is 0.429. The fraction of sp³-hybridized carbons (Fsp3) is 1.00. The van der Waals surface area contributed by atoms with E-state index in [-0.39, 0.29) is 12.7 Å². The minimum absolute atomic E-state index is 0.154. The number of rotatable bonds is 2. The van der Waals surface area contributed by atoms with Gasteiger partial charge in [0.15, 0.2) is 5.79 Å². The third kappa shape index (κ3) is 2.63. The summed E-state index contributed by atoms with van der Waals surface area (Å²) in [6.45, 7) is 6.01. The van der Waals surface area contributed by atoms with Crippen molar-refractivity contribution in [1.82, 2.24) is 0 Å². The van der Waals surface area contributed by atoms with Gasteiger partial charge in [-0.2, -0.15) is 0 Å². The third-order valence-electron chi connectivity index (χ3n) is 3.66. The number of ether oxygens (including phenoxy) is 3. The molecule has 2 aliphatic heterocycles. The molecule has 0 aliphatic carbocycles. The molecule has 0 bridgehead atoms. The minimum Gasteiger partial charge on any atom is -0.394 e. The van der Waals surface area contributed by atoms with Crippen LogP contribution in [0, 0.1) is 0 Å². The van der Waals surface area contributed by atoms with Gasteiger partial charge in [0, 0.05) is 0 Å². The Morgan fingerprint density at radius 2 is 1.94 bits per heavy atom. The van der Waals surface area contributed by atoms with E-state index in [9.17, 15) is 10.2 Å². The standard InChI is InChI=1S/C12H22O5/c1-11(2)15-7-10(17-11)12(3)5-4-8(14)9(6-13)16-12/h8-10,13-14H,4-7H2,1-3H3. The molecule has 2 saturated heterocycles. The molecular formula is C12H22O5. The lowest BCUT2D eigenvalue weighted by Gasteiger charge is -2.43. The normalized spacial score (nSPS) is 46.1. The summed E-state index contributed by atoms with van der Waals surface area (Å²) < 4.78 is 17.2. The van der Waals surface area contributed by atoms with E-state index in [0.717, 1.165) is 0 Å². The zero-order valence-corrected chi connectivity index (χ0v) is 10.7. The van der Waals surface area contributed by atoms with E-state index in [2.05, 4.69) is 0 Å².